The third-order valence-corrected chi connectivity index (χ3v) is 4.06. The summed E-state index contributed by atoms with van der Waals surface area (Å²) in [6, 6.07) is 8.28. The lowest BCUT2D eigenvalue weighted by molar-refractivity contribution is 0.477. The first-order valence-electron chi connectivity index (χ1n) is 5.33. The van der Waals surface area contributed by atoms with Gasteiger partial charge < -0.3 is 10.5 Å². The summed E-state index contributed by atoms with van der Waals surface area (Å²) >= 11 is 3.02. The van der Waals surface area contributed by atoms with Crippen molar-refractivity contribution < 1.29 is 17.5 Å². The molecule has 0 aliphatic rings. The molecule has 8 heteroatoms. The van der Waals surface area contributed by atoms with E-state index in [1.165, 1.54) is 30.3 Å². The molecule has 0 aliphatic carbocycles. The van der Waals surface area contributed by atoms with Gasteiger partial charge in [-0.2, -0.15) is 0 Å². The predicted octanol–water partition coefficient (Wildman–Crippen LogP) is 2.61. The fourth-order valence-corrected chi connectivity index (χ4v) is 2.45. The van der Waals surface area contributed by atoms with Crippen LogP contribution in [-0.2, 0) is 10.0 Å². The van der Waals surface area contributed by atoms with Gasteiger partial charge in [-0.15, -0.1) is 0 Å². The van der Waals surface area contributed by atoms with Crippen molar-refractivity contribution in [3.8, 4) is 11.5 Å². The average molecular weight is 361 g/mol. The lowest BCUT2D eigenvalue weighted by atomic mass is 10.3. The second-order valence-corrected chi connectivity index (χ2v) is 6.28. The Labute approximate surface area is 123 Å². The molecule has 0 heterocycles. The quantitative estimate of drug-likeness (QED) is 0.822. The molecule has 5 nitrogen and oxygen atoms in total. The van der Waals surface area contributed by atoms with Crippen molar-refractivity contribution in [2.45, 2.75) is 4.90 Å². The van der Waals surface area contributed by atoms with Crippen LogP contribution >= 0.6 is 15.9 Å². The molecule has 0 aliphatic heterocycles. The Morgan fingerprint density at radius 1 is 1.20 bits per heavy atom. The van der Waals surface area contributed by atoms with E-state index >= 15 is 0 Å². The molecule has 0 spiro atoms. The maximum absolute atomic E-state index is 13.4. The van der Waals surface area contributed by atoms with Crippen LogP contribution in [0.4, 0.5) is 10.1 Å². The molecular weight excluding hydrogens is 351 g/mol. The van der Waals surface area contributed by atoms with Gasteiger partial charge in [0, 0.05) is 6.07 Å². The smallest absolute Gasteiger partial charge is 0.240 e. The molecule has 0 atom stereocenters. The van der Waals surface area contributed by atoms with Gasteiger partial charge in [0.15, 0.2) is 5.75 Å². The molecule has 0 unspecified atom stereocenters. The summed E-state index contributed by atoms with van der Waals surface area (Å²) in [6.07, 6.45) is 0. The topological polar surface area (TPSA) is 95.4 Å². The summed E-state index contributed by atoms with van der Waals surface area (Å²) in [5.74, 6) is -0.245. The zero-order valence-electron chi connectivity index (χ0n) is 10.0. The van der Waals surface area contributed by atoms with Crippen LogP contribution in [0.5, 0.6) is 11.5 Å². The Hall–Kier alpha value is -1.64. The number of benzene rings is 2. The monoisotopic (exact) mass is 360 g/mol. The fourth-order valence-electron chi connectivity index (χ4n) is 1.53. The Balaban J connectivity index is 2.42. The summed E-state index contributed by atoms with van der Waals surface area (Å²) in [5.41, 5.74) is 5.57. The van der Waals surface area contributed by atoms with Gasteiger partial charge in [-0.3, -0.25) is 0 Å². The third-order valence-electron chi connectivity index (χ3n) is 2.45. The molecule has 0 radical (unpaired) electrons. The summed E-state index contributed by atoms with van der Waals surface area (Å²) in [5, 5.41) is 5.03. The molecule has 0 saturated heterocycles. The molecule has 2 rings (SSSR count). The van der Waals surface area contributed by atoms with E-state index < -0.39 is 15.8 Å². The van der Waals surface area contributed by atoms with E-state index in [-0.39, 0.29) is 26.6 Å². The van der Waals surface area contributed by atoms with Crippen molar-refractivity contribution in [2.24, 2.45) is 5.14 Å². The third kappa shape index (κ3) is 3.09. The highest BCUT2D eigenvalue weighted by atomic mass is 79.9. The van der Waals surface area contributed by atoms with Crippen LogP contribution in [0.15, 0.2) is 45.8 Å². The Kier molecular flexibility index (Phi) is 3.98. The number of para-hydroxylation sites is 1. The van der Waals surface area contributed by atoms with Gasteiger partial charge in [-0.05, 0) is 40.2 Å². The van der Waals surface area contributed by atoms with Crippen molar-refractivity contribution in [3.05, 3.63) is 46.7 Å². The summed E-state index contributed by atoms with van der Waals surface area (Å²) < 4.78 is 41.7. The number of ether oxygens (including phenoxy) is 1. The average Bonchev–Trinajstić information content (AvgIpc) is 2.35. The highest BCUT2D eigenvalue weighted by Gasteiger charge is 2.16. The molecule has 2 aromatic rings. The highest BCUT2D eigenvalue weighted by molar-refractivity contribution is 9.10. The summed E-state index contributed by atoms with van der Waals surface area (Å²) in [6.45, 7) is 0. The van der Waals surface area contributed by atoms with Crippen LogP contribution in [0.3, 0.4) is 0 Å². The fraction of sp³-hybridized carbons (Fsp3) is 0. The lowest BCUT2D eigenvalue weighted by Crippen LogP contribution is -2.14. The van der Waals surface area contributed by atoms with Crippen LogP contribution < -0.4 is 15.6 Å². The zero-order valence-corrected chi connectivity index (χ0v) is 12.4. The largest absolute Gasteiger partial charge is 0.455 e. The second kappa shape index (κ2) is 5.39. The van der Waals surface area contributed by atoms with Crippen molar-refractivity contribution in [3.63, 3.8) is 0 Å². The summed E-state index contributed by atoms with van der Waals surface area (Å²) in [7, 11) is -3.95. The highest BCUT2D eigenvalue weighted by Crippen LogP contribution is 2.32. The van der Waals surface area contributed by atoms with E-state index in [2.05, 4.69) is 15.9 Å². The number of hydrogen-bond acceptors (Lipinski definition) is 4. The van der Waals surface area contributed by atoms with Crippen LogP contribution in [-0.4, -0.2) is 8.42 Å². The second-order valence-electron chi connectivity index (χ2n) is 3.89. The van der Waals surface area contributed by atoms with Crippen molar-refractivity contribution in [2.75, 3.05) is 5.73 Å². The molecule has 0 fully saturated rings. The predicted molar refractivity (Wildman–Crippen MR) is 76.4 cm³/mol. The van der Waals surface area contributed by atoms with Gasteiger partial charge in [0.25, 0.3) is 0 Å². The number of halogens is 2. The first-order valence-corrected chi connectivity index (χ1v) is 7.67. The van der Waals surface area contributed by atoms with Gasteiger partial charge in [-0.25, -0.2) is 17.9 Å². The maximum atomic E-state index is 13.4. The number of nitrogens with two attached hydrogens (primary N) is 2. The van der Waals surface area contributed by atoms with E-state index in [0.29, 0.717) is 0 Å². The minimum absolute atomic E-state index is 0.0817. The van der Waals surface area contributed by atoms with Crippen LogP contribution in [0.25, 0.3) is 0 Å². The van der Waals surface area contributed by atoms with Gasteiger partial charge in [0.1, 0.15) is 16.5 Å². The van der Waals surface area contributed by atoms with Crippen molar-refractivity contribution in [1.29, 1.82) is 0 Å². The molecule has 0 bridgehead atoms. The van der Waals surface area contributed by atoms with Gasteiger partial charge >= 0.3 is 0 Å². The number of rotatable bonds is 3. The van der Waals surface area contributed by atoms with Crippen LogP contribution in [0, 0.1) is 5.82 Å². The first-order chi connectivity index (χ1) is 9.29. The number of sulfonamides is 1. The molecule has 0 aromatic heterocycles. The number of nitrogen functional groups attached to an aromatic ring is 1. The molecule has 4 N–H and O–H groups in total. The van der Waals surface area contributed by atoms with E-state index in [0.717, 1.165) is 6.07 Å². The first kappa shape index (κ1) is 14.8. The van der Waals surface area contributed by atoms with Crippen LogP contribution in [0.2, 0.25) is 0 Å². The molecule has 0 saturated carbocycles. The maximum Gasteiger partial charge on any atom is 0.240 e. The number of anilines is 1. The molecule has 20 heavy (non-hydrogen) atoms. The van der Waals surface area contributed by atoms with Crippen molar-refractivity contribution >= 4 is 31.6 Å². The van der Waals surface area contributed by atoms with Gasteiger partial charge in [0.05, 0.1) is 10.2 Å². The Bertz CT molecular complexity index is 765. The molecule has 0 amide bonds. The van der Waals surface area contributed by atoms with E-state index in [4.69, 9.17) is 15.6 Å². The molecular formula is C12H10BrFN2O3S. The SMILES string of the molecule is Nc1c(Oc2ccc(Br)c(F)c2)cccc1S(N)(=O)=O. The molecule has 106 valence electrons. The summed E-state index contributed by atoms with van der Waals surface area (Å²) in [4.78, 5) is -0.243. The number of primary sulfonamides is 1. The Morgan fingerprint density at radius 2 is 1.90 bits per heavy atom. The van der Waals surface area contributed by atoms with Gasteiger partial charge in [0.2, 0.25) is 10.0 Å². The number of hydrogen-bond donors (Lipinski definition) is 2. The van der Waals surface area contributed by atoms with Crippen LogP contribution in [0.1, 0.15) is 0 Å². The van der Waals surface area contributed by atoms with Crippen molar-refractivity contribution in [1.82, 2.24) is 0 Å². The zero-order chi connectivity index (χ0) is 14.9. The Morgan fingerprint density at radius 3 is 2.50 bits per heavy atom. The lowest BCUT2D eigenvalue weighted by Gasteiger charge is -2.11. The molecule has 2 aromatic carbocycles. The normalized spacial score (nSPS) is 11.3. The minimum atomic E-state index is -3.95. The minimum Gasteiger partial charge on any atom is -0.455 e. The van der Waals surface area contributed by atoms with E-state index in [9.17, 15) is 12.8 Å². The standard InChI is InChI=1S/C12H10BrFN2O3S/c13-8-5-4-7(6-9(8)14)19-10-2-1-3-11(12(10)15)20(16,17)18/h1-6H,15H2,(H2,16,17,18). The van der Waals surface area contributed by atoms with E-state index in [1.54, 1.807) is 0 Å². The van der Waals surface area contributed by atoms with Gasteiger partial charge in [-0.1, -0.05) is 6.07 Å². The van der Waals surface area contributed by atoms with E-state index in [1.807, 2.05) is 0 Å².